The number of carbonyl (C=O) groups excluding carboxylic acids is 2. The largest absolute Gasteiger partial charge is 0.493 e. The van der Waals surface area contributed by atoms with E-state index < -0.39 is 4.92 Å². The van der Waals surface area contributed by atoms with Gasteiger partial charge in [0.25, 0.3) is 11.6 Å². The quantitative estimate of drug-likeness (QED) is 0.273. The molecule has 10 heteroatoms. The molecule has 9 nitrogen and oxygen atoms in total. The Morgan fingerprint density at radius 1 is 0.944 bits per heavy atom. The Hall–Kier alpha value is -4.05. The number of rotatable bonds is 12. The molecule has 2 N–H and O–H groups in total. The predicted octanol–water partition coefficient (Wildman–Crippen LogP) is 4.46. The van der Waals surface area contributed by atoms with Crippen molar-refractivity contribution in [2.75, 3.05) is 31.8 Å². The van der Waals surface area contributed by atoms with Crippen molar-refractivity contribution in [3.63, 3.8) is 0 Å². The summed E-state index contributed by atoms with van der Waals surface area (Å²) in [5.74, 6) is 1.44. The van der Waals surface area contributed by atoms with Crippen LogP contribution < -0.4 is 20.1 Å². The molecule has 0 saturated heterocycles. The van der Waals surface area contributed by atoms with Crippen molar-refractivity contribution in [2.45, 2.75) is 12.2 Å². The van der Waals surface area contributed by atoms with Crippen LogP contribution in [0.5, 0.6) is 11.5 Å². The Balaban J connectivity index is 1.50. The number of carbonyl (C=O) groups is 2. The van der Waals surface area contributed by atoms with E-state index in [1.54, 1.807) is 50.6 Å². The van der Waals surface area contributed by atoms with Crippen LogP contribution in [0.25, 0.3) is 0 Å². The lowest BCUT2D eigenvalue weighted by molar-refractivity contribution is -0.384. The minimum absolute atomic E-state index is 0.0279. The van der Waals surface area contributed by atoms with Gasteiger partial charge in [-0.05, 0) is 41.8 Å². The zero-order chi connectivity index (χ0) is 25.9. The summed E-state index contributed by atoms with van der Waals surface area (Å²) in [6.45, 7) is 0.404. The topological polar surface area (TPSA) is 120 Å². The number of nitro benzene ring substituents is 1. The van der Waals surface area contributed by atoms with Gasteiger partial charge in [0.15, 0.2) is 11.5 Å². The van der Waals surface area contributed by atoms with Crippen LogP contribution in [-0.4, -0.2) is 43.3 Å². The highest BCUT2D eigenvalue weighted by Gasteiger charge is 2.13. The van der Waals surface area contributed by atoms with Crippen LogP contribution in [-0.2, 0) is 17.0 Å². The van der Waals surface area contributed by atoms with Gasteiger partial charge in [-0.15, -0.1) is 11.8 Å². The Labute approximate surface area is 213 Å². The Morgan fingerprint density at radius 3 is 2.33 bits per heavy atom. The van der Waals surface area contributed by atoms with E-state index in [0.717, 1.165) is 11.1 Å². The average molecular weight is 510 g/mol. The van der Waals surface area contributed by atoms with Crippen molar-refractivity contribution in [2.24, 2.45) is 0 Å². The van der Waals surface area contributed by atoms with Crippen LogP contribution in [0, 0.1) is 10.1 Å². The number of hydrogen-bond acceptors (Lipinski definition) is 7. The predicted molar refractivity (Wildman–Crippen MR) is 140 cm³/mol. The number of para-hydroxylation sites is 1. The highest BCUT2D eigenvalue weighted by atomic mass is 32.2. The molecule has 36 heavy (non-hydrogen) atoms. The van der Waals surface area contributed by atoms with Crippen molar-refractivity contribution < 1.29 is 24.0 Å². The summed E-state index contributed by atoms with van der Waals surface area (Å²) in [7, 11) is 3.15. The molecular weight excluding hydrogens is 482 g/mol. The summed E-state index contributed by atoms with van der Waals surface area (Å²) < 4.78 is 10.6. The number of ether oxygens (including phenoxy) is 2. The fourth-order valence-electron chi connectivity index (χ4n) is 3.40. The SMILES string of the molecule is COc1ccc(CCNC(=O)c2ccccc2NC(=O)CSCc2ccc([N+](=O)[O-])cc2)cc1OC. The highest BCUT2D eigenvalue weighted by molar-refractivity contribution is 7.99. The lowest BCUT2D eigenvalue weighted by Gasteiger charge is -2.12. The number of hydrogen-bond donors (Lipinski definition) is 2. The third-order valence-electron chi connectivity index (χ3n) is 5.24. The van der Waals surface area contributed by atoms with Gasteiger partial charge in [-0.1, -0.05) is 30.3 Å². The number of methoxy groups -OCH3 is 2. The average Bonchev–Trinajstić information content (AvgIpc) is 2.89. The number of amides is 2. The van der Waals surface area contributed by atoms with E-state index in [1.165, 1.54) is 23.9 Å². The molecule has 0 bridgehead atoms. The molecule has 2 amide bonds. The molecule has 0 saturated carbocycles. The minimum atomic E-state index is -0.450. The second-order valence-electron chi connectivity index (χ2n) is 7.71. The number of anilines is 1. The number of nitrogens with one attached hydrogen (secondary N) is 2. The maximum Gasteiger partial charge on any atom is 0.269 e. The number of nitro groups is 1. The molecule has 0 aliphatic carbocycles. The summed E-state index contributed by atoms with van der Waals surface area (Å²) in [5.41, 5.74) is 2.70. The summed E-state index contributed by atoms with van der Waals surface area (Å²) in [6, 6.07) is 18.7. The molecule has 0 atom stereocenters. The summed E-state index contributed by atoms with van der Waals surface area (Å²) in [4.78, 5) is 35.5. The first kappa shape index (κ1) is 26.6. The molecule has 0 aliphatic heterocycles. The molecule has 0 radical (unpaired) electrons. The number of non-ortho nitro benzene ring substituents is 1. The van der Waals surface area contributed by atoms with Gasteiger partial charge in [-0.2, -0.15) is 0 Å². The lowest BCUT2D eigenvalue weighted by Crippen LogP contribution is -2.27. The molecule has 188 valence electrons. The van der Waals surface area contributed by atoms with E-state index >= 15 is 0 Å². The van der Waals surface area contributed by atoms with E-state index in [2.05, 4.69) is 10.6 Å². The molecule has 0 heterocycles. The van der Waals surface area contributed by atoms with Crippen LogP contribution in [0.1, 0.15) is 21.5 Å². The van der Waals surface area contributed by atoms with E-state index in [1.807, 2.05) is 18.2 Å². The maximum absolute atomic E-state index is 12.8. The third kappa shape index (κ3) is 7.47. The van der Waals surface area contributed by atoms with Crippen LogP contribution in [0.2, 0.25) is 0 Å². The maximum atomic E-state index is 12.8. The summed E-state index contributed by atoms with van der Waals surface area (Å²) >= 11 is 1.38. The Bertz CT molecular complexity index is 1220. The van der Waals surface area contributed by atoms with Crippen molar-refractivity contribution in [3.8, 4) is 11.5 Å². The molecule has 0 unspecified atom stereocenters. The van der Waals surface area contributed by atoms with Gasteiger partial charge >= 0.3 is 0 Å². The first-order valence-electron chi connectivity index (χ1n) is 11.1. The van der Waals surface area contributed by atoms with Gasteiger partial charge in [-0.25, -0.2) is 0 Å². The minimum Gasteiger partial charge on any atom is -0.493 e. The lowest BCUT2D eigenvalue weighted by atomic mass is 10.1. The number of nitrogens with zero attached hydrogens (tertiary/aromatic N) is 1. The first-order chi connectivity index (χ1) is 17.4. The molecule has 0 aliphatic rings. The molecule has 0 spiro atoms. The highest BCUT2D eigenvalue weighted by Crippen LogP contribution is 2.27. The van der Waals surface area contributed by atoms with E-state index in [0.29, 0.717) is 41.5 Å². The fraction of sp³-hybridized carbons (Fsp3) is 0.231. The first-order valence-corrected chi connectivity index (χ1v) is 12.3. The van der Waals surface area contributed by atoms with Crippen LogP contribution in [0.4, 0.5) is 11.4 Å². The molecule has 0 fully saturated rings. The standard InChI is InChI=1S/C26H27N3O6S/c1-34-23-12-9-18(15-24(23)35-2)13-14-27-26(31)21-5-3-4-6-22(21)28-25(30)17-36-16-19-7-10-20(11-8-19)29(32)33/h3-12,15H,13-14,16-17H2,1-2H3,(H,27,31)(H,28,30). The van der Waals surface area contributed by atoms with Gasteiger partial charge in [0.05, 0.1) is 36.1 Å². The van der Waals surface area contributed by atoms with Gasteiger partial charge in [0, 0.05) is 24.4 Å². The van der Waals surface area contributed by atoms with E-state index in [-0.39, 0.29) is 23.3 Å². The van der Waals surface area contributed by atoms with Crippen LogP contribution in [0.3, 0.4) is 0 Å². The number of benzene rings is 3. The van der Waals surface area contributed by atoms with Gasteiger partial charge in [0.2, 0.25) is 5.91 Å². The van der Waals surface area contributed by atoms with Crippen molar-refractivity contribution in [3.05, 3.63) is 93.5 Å². The molecule has 3 rings (SSSR count). The Kier molecular flexibility index (Phi) is 9.70. The number of thioether (sulfide) groups is 1. The van der Waals surface area contributed by atoms with Crippen molar-refractivity contribution in [1.82, 2.24) is 5.32 Å². The van der Waals surface area contributed by atoms with Gasteiger partial charge in [-0.3, -0.25) is 19.7 Å². The summed E-state index contributed by atoms with van der Waals surface area (Å²) in [6.07, 6.45) is 0.597. The van der Waals surface area contributed by atoms with Crippen LogP contribution >= 0.6 is 11.8 Å². The second-order valence-corrected chi connectivity index (χ2v) is 8.69. The van der Waals surface area contributed by atoms with E-state index in [9.17, 15) is 19.7 Å². The summed E-state index contributed by atoms with van der Waals surface area (Å²) in [5, 5.41) is 16.4. The molecule has 3 aromatic carbocycles. The zero-order valence-corrected chi connectivity index (χ0v) is 20.8. The van der Waals surface area contributed by atoms with Gasteiger partial charge < -0.3 is 20.1 Å². The normalized spacial score (nSPS) is 10.4. The zero-order valence-electron chi connectivity index (χ0n) is 20.0. The van der Waals surface area contributed by atoms with E-state index in [4.69, 9.17) is 9.47 Å². The van der Waals surface area contributed by atoms with Crippen LogP contribution in [0.15, 0.2) is 66.7 Å². The Morgan fingerprint density at radius 2 is 1.64 bits per heavy atom. The van der Waals surface area contributed by atoms with Gasteiger partial charge in [0.1, 0.15) is 0 Å². The van der Waals surface area contributed by atoms with Crippen molar-refractivity contribution >= 4 is 35.0 Å². The second kappa shape index (κ2) is 13.1. The fourth-order valence-corrected chi connectivity index (χ4v) is 4.19. The molecule has 0 aromatic heterocycles. The van der Waals surface area contributed by atoms with Crippen molar-refractivity contribution in [1.29, 1.82) is 0 Å². The third-order valence-corrected chi connectivity index (χ3v) is 6.25. The monoisotopic (exact) mass is 509 g/mol. The smallest absolute Gasteiger partial charge is 0.269 e. The molecule has 3 aromatic rings. The molecular formula is C26H27N3O6S.